The summed E-state index contributed by atoms with van der Waals surface area (Å²) in [5, 5.41) is 12.3. The molecule has 1 amide bonds. The lowest BCUT2D eigenvalue weighted by molar-refractivity contribution is -0.145. The summed E-state index contributed by atoms with van der Waals surface area (Å²) in [6.07, 6.45) is -8.00. The number of rotatable bonds is 10. The fraction of sp³-hybridized carbons (Fsp3) is 0.556. The molecule has 46 heavy (non-hydrogen) atoms. The first-order valence-corrected chi connectivity index (χ1v) is 16.1. The van der Waals surface area contributed by atoms with Gasteiger partial charge in [-0.05, 0) is 37.0 Å². The smallest absolute Gasteiger partial charge is 0.370 e. The van der Waals surface area contributed by atoms with Gasteiger partial charge in [-0.15, -0.1) is 0 Å². The molecule has 4 rings (SSSR count). The van der Waals surface area contributed by atoms with Gasteiger partial charge in [0.1, 0.15) is 11.6 Å². The number of nitrogens with two attached hydrogens (primary N) is 1. The number of guanidine groups is 1. The maximum atomic E-state index is 13.8. The normalized spacial score (nSPS) is 18.3. The van der Waals surface area contributed by atoms with Crippen LogP contribution < -0.4 is 26.2 Å². The summed E-state index contributed by atoms with van der Waals surface area (Å²) >= 11 is 0. The predicted octanol–water partition coefficient (Wildman–Crippen LogP) is 2.02. The highest BCUT2D eigenvalue weighted by Gasteiger charge is 2.38. The minimum absolute atomic E-state index is 0.00932. The molecule has 2 fully saturated rings. The largest absolute Gasteiger partial charge is 0.451 e. The second-order valence-electron chi connectivity index (χ2n) is 11.0. The average molecular weight is 680 g/mol. The molecule has 254 valence electrons. The number of piperidine rings is 1. The Hall–Kier alpha value is -3.87. The Labute approximate surface area is 261 Å². The van der Waals surface area contributed by atoms with Gasteiger partial charge in [0.05, 0.1) is 17.2 Å². The number of amides is 1. The molecule has 0 aliphatic carbocycles. The molecular formula is C27H35F6N9O3S. The van der Waals surface area contributed by atoms with Crippen molar-refractivity contribution in [1.29, 1.82) is 5.41 Å². The second kappa shape index (κ2) is 14.3. The van der Waals surface area contributed by atoms with Crippen LogP contribution in [0.5, 0.6) is 0 Å². The number of carbonyl (C=O) groups excluding carboxylic acids is 1. The van der Waals surface area contributed by atoms with E-state index in [4.69, 9.17) is 11.1 Å². The van der Waals surface area contributed by atoms with Gasteiger partial charge in [0.25, 0.3) is 0 Å². The highest BCUT2D eigenvalue weighted by molar-refractivity contribution is 7.89. The van der Waals surface area contributed by atoms with E-state index >= 15 is 0 Å². The topological polar surface area (TPSA) is 161 Å². The number of carbonyl (C=O) groups is 1. The van der Waals surface area contributed by atoms with Crippen molar-refractivity contribution in [1.82, 2.24) is 24.9 Å². The van der Waals surface area contributed by atoms with Crippen LogP contribution in [0.4, 0.5) is 38.0 Å². The van der Waals surface area contributed by atoms with E-state index in [-0.39, 0.29) is 75.1 Å². The molecule has 3 heterocycles. The zero-order chi connectivity index (χ0) is 33.7. The van der Waals surface area contributed by atoms with Gasteiger partial charge < -0.3 is 26.2 Å². The van der Waals surface area contributed by atoms with E-state index in [2.05, 4.69) is 20.6 Å². The maximum absolute atomic E-state index is 13.8. The third-order valence-electron chi connectivity index (χ3n) is 7.69. The number of hydrogen-bond donors (Lipinski definition) is 4. The van der Waals surface area contributed by atoms with Gasteiger partial charge in [0.15, 0.2) is 5.96 Å². The maximum Gasteiger partial charge on any atom is 0.451 e. The van der Waals surface area contributed by atoms with Crippen LogP contribution in [0.15, 0.2) is 30.3 Å². The number of halogens is 6. The molecule has 2 aliphatic heterocycles. The Morgan fingerprint density at radius 1 is 0.913 bits per heavy atom. The van der Waals surface area contributed by atoms with Gasteiger partial charge in [-0.25, -0.2) is 18.4 Å². The Kier molecular flexibility index (Phi) is 10.9. The molecule has 1 unspecified atom stereocenters. The molecule has 1 aromatic heterocycles. The average Bonchev–Trinajstić information content (AvgIpc) is 3.00. The number of alkyl halides is 6. The molecule has 0 spiro atoms. The van der Waals surface area contributed by atoms with E-state index in [1.54, 1.807) is 9.80 Å². The zero-order valence-corrected chi connectivity index (χ0v) is 25.5. The van der Waals surface area contributed by atoms with Crippen molar-refractivity contribution in [3.8, 4) is 0 Å². The third-order valence-corrected chi connectivity index (χ3v) is 9.57. The Balaban J connectivity index is 1.39. The summed E-state index contributed by atoms with van der Waals surface area (Å²) < 4.78 is 106. The van der Waals surface area contributed by atoms with Gasteiger partial charge in [0.2, 0.25) is 21.8 Å². The SMILES string of the molecule is N=C(N)NCCS(=O)(=O)N1CCN(c2cc(N3CCCC(C(=O)NCCc4ccc(C(F)(F)F)cc4)C3)nc(C(F)(F)F)n2)CC1. The summed E-state index contributed by atoms with van der Waals surface area (Å²) in [6, 6.07) is 6.03. The van der Waals surface area contributed by atoms with Crippen molar-refractivity contribution in [3.05, 3.63) is 47.3 Å². The van der Waals surface area contributed by atoms with Crippen molar-refractivity contribution in [2.75, 3.05) is 67.9 Å². The molecule has 0 saturated carbocycles. The van der Waals surface area contributed by atoms with Crippen LogP contribution in [0.25, 0.3) is 0 Å². The van der Waals surface area contributed by atoms with Crippen LogP contribution in [-0.2, 0) is 33.6 Å². The van der Waals surface area contributed by atoms with E-state index < -0.39 is 39.7 Å². The van der Waals surface area contributed by atoms with Gasteiger partial charge in [-0.1, -0.05) is 12.1 Å². The highest BCUT2D eigenvalue weighted by Crippen LogP contribution is 2.32. The molecule has 12 nitrogen and oxygen atoms in total. The lowest BCUT2D eigenvalue weighted by Crippen LogP contribution is -2.50. The number of hydrogen-bond acceptors (Lipinski definition) is 8. The number of aromatic nitrogens is 2. The molecule has 2 aliphatic rings. The third kappa shape index (κ3) is 9.34. The minimum Gasteiger partial charge on any atom is -0.370 e. The lowest BCUT2D eigenvalue weighted by Gasteiger charge is -2.36. The van der Waals surface area contributed by atoms with Crippen molar-refractivity contribution < 1.29 is 39.6 Å². The highest BCUT2D eigenvalue weighted by atomic mass is 32.2. The van der Waals surface area contributed by atoms with E-state index in [1.807, 2.05) is 0 Å². The number of nitrogens with zero attached hydrogens (tertiary/aromatic N) is 5. The summed E-state index contributed by atoms with van der Waals surface area (Å²) in [4.78, 5) is 23.5. The Bertz CT molecular complexity index is 1480. The zero-order valence-electron chi connectivity index (χ0n) is 24.7. The summed E-state index contributed by atoms with van der Waals surface area (Å²) in [7, 11) is -3.69. The summed E-state index contributed by atoms with van der Waals surface area (Å²) in [6.45, 7) is 0.752. The van der Waals surface area contributed by atoms with Gasteiger partial charge >= 0.3 is 12.4 Å². The van der Waals surface area contributed by atoms with Crippen molar-refractivity contribution in [2.45, 2.75) is 31.6 Å². The fourth-order valence-electron chi connectivity index (χ4n) is 5.25. The first-order valence-electron chi connectivity index (χ1n) is 14.5. The monoisotopic (exact) mass is 679 g/mol. The molecular weight excluding hydrogens is 644 g/mol. The van der Waals surface area contributed by atoms with Crippen LogP contribution in [-0.4, -0.2) is 92.7 Å². The van der Waals surface area contributed by atoms with Crippen LogP contribution in [0.2, 0.25) is 0 Å². The molecule has 1 atom stereocenters. The van der Waals surface area contributed by atoms with Crippen molar-refractivity contribution in [2.24, 2.45) is 11.7 Å². The number of piperazine rings is 1. The summed E-state index contributed by atoms with van der Waals surface area (Å²) in [5.41, 5.74) is 5.02. The molecule has 0 radical (unpaired) electrons. The predicted molar refractivity (Wildman–Crippen MR) is 158 cm³/mol. The molecule has 0 bridgehead atoms. The first kappa shape index (κ1) is 35.0. The van der Waals surface area contributed by atoms with Crippen LogP contribution >= 0.6 is 0 Å². The van der Waals surface area contributed by atoms with E-state index in [0.29, 0.717) is 31.4 Å². The number of benzene rings is 1. The quantitative estimate of drug-likeness (QED) is 0.167. The summed E-state index contributed by atoms with van der Waals surface area (Å²) in [5.74, 6) is -2.93. The fourth-order valence-corrected chi connectivity index (χ4v) is 6.58. The van der Waals surface area contributed by atoms with Crippen LogP contribution in [0.1, 0.15) is 29.8 Å². The molecule has 19 heteroatoms. The van der Waals surface area contributed by atoms with Gasteiger partial charge in [0, 0.05) is 58.4 Å². The minimum atomic E-state index is -4.86. The van der Waals surface area contributed by atoms with E-state index in [0.717, 1.165) is 12.1 Å². The molecule has 5 N–H and O–H groups in total. The van der Waals surface area contributed by atoms with Crippen LogP contribution in [0, 0.1) is 11.3 Å². The second-order valence-corrected chi connectivity index (χ2v) is 13.1. The molecule has 1 aromatic carbocycles. The standard InChI is InChI=1S/C27H35F6N9O3S/c28-26(29,30)20-5-3-18(4-6-20)7-8-36-23(43)19-2-1-10-41(17-19)22-16-21(38-24(39-22)27(31,32)33)40-11-13-42(14-12-40)46(44,45)15-9-37-25(34)35/h3-6,16,19H,1-2,7-15,17H2,(H,36,43)(H4,34,35,37). The van der Waals surface area contributed by atoms with E-state index in [1.165, 1.54) is 22.5 Å². The number of sulfonamides is 1. The van der Waals surface area contributed by atoms with Crippen molar-refractivity contribution >= 4 is 33.5 Å². The van der Waals surface area contributed by atoms with E-state index in [9.17, 15) is 39.6 Å². The van der Waals surface area contributed by atoms with Crippen molar-refractivity contribution in [3.63, 3.8) is 0 Å². The first-order chi connectivity index (χ1) is 21.5. The molecule has 2 aromatic rings. The Morgan fingerprint density at radius 2 is 1.54 bits per heavy atom. The van der Waals surface area contributed by atoms with Gasteiger partial charge in [-0.2, -0.15) is 30.6 Å². The number of nitrogens with one attached hydrogen (secondary N) is 3. The molecule has 2 saturated heterocycles. The Morgan fingerprint density at radius 3 is 2.13 bits per heavy atom. The van der Waals surface area contributed by atoms with Gasteiger partial charge in [-0.3, -0.25) is 10.2 Å². The van der Waals surface area contributed by atoms with Crippen LogP contribution in [0.3, 0.4) is 0 Å². The number of anilines is 2. The lowest BCUT2D eigenvalue weighted by atomic mass is 9.97.